The molecule has 24 heavy (non-hydrogen) atoms. The highest BCUT2D eigenvalue weighted by Crippen LogP contribution is 2.16. The fourth-order valence-electron chi connectivity index (χ4n) is 2.33. The normalized spacial score (nSPS) is 10.5. The van der Waals surface area contributed by atoms with E-state index >= 15 is 0 Å². The van der Waals surface area contributed by atoms with Crippen LogP contribution < -0.4 is 11.1 Å². The smallest absolute Gasteiger partial charge is 0.248 e. The summed E-state index contributed by atoms with van der Waals surface area (Å²) in [6.07, 6.45) is 0.847. The molecule has 0 radical (unpaired) electrons. The lowest BCUT2D eigenvalue weighted by Crippen LogP contribution is -2.21. The number of carbonyl (C=O) groups is 1. The molecule has 1 aromatic heterocycles. The monoisotopic (exact) mass is 322 g/mol. The third-order valence-corrected chi connectivity index (χ3v) is 3.58. The molecule has 0 aliphatic heterocycles. The Bertz CT molecular complexity index is 840. The molecule has 0 saturated heterocycles. The van der Waals surface area contributed by atoms with E-state index < -0.39 is 0 Å². The van der Waals surface area contributed by atoms with Crippen LogP contribution in [-0.2, 0) is 17.8 Å². The van der Waals surface area contributed by atoms with Crippen molar-refractivity contribution in [2.45, 2.75) is 19.9 Å². The highest BCUT2D eigenvalue weighted by Gasteiger charge is 2.10. The standard InChI is InChI=1S/C17H18N6O/c1-2-12-5-3-4-6-15(12)19-16(24)11-23-21-17(20-22-23)13-7-9-14(18)10-8-13/h3-10H,2,11,18H2,1H3,(H,19,24). The molecule has 122 valence electrons. The van der Waals surface area contributed by atoms with E-state index in [0.29, 0.717) is 11.5 Å². The van der Waals surface area contributed by atoms with Crippen molar-refractivity contribution in [2.24, 2.45) is 0 Å². The van der Waals surface area contributed by atoms with Crippen molar-refractivity contribution in [3.63, 3.8) is 0 Å². The molecule has 7 heteroatoms. The van der Waals surface area contributed by atoms with Gasteiger partial charge in [-0.15, -0.1) is 10.2 Å². The van der Waals surface area contributed by atoms with Crippen molar-refractivity contribution in [1.29, 1.82) is 0 Å². The molecule has 3 N–H and O–H groups in total. The van der Waals surface area contributed by atoms with Crippen LogP contribution in [0.25, 0.3) is 11.4 Å². The van der Waals surface area contributed by atoms with Gasteiger partial charge in [-0.05, 0) is 47.5 Å². The molecule has 0 saturated carbocycles. The van der Waals surface area contributed by atoms with Crippen molar-refractivity contribution in [1.82, 2.24) is 20.2 Å². The fraction of sp³-hybridized carbons (Fsp3) is 0.176. The van der Waals surface area contributed by atoms with Gasteiger partial charge in [0.15, 0.2) is 0 Å². The Morgan fingerprint density at radius 1 is 1.17 bits per heavy atom. The molecule has 0 aliphatic carbocycles. The Morgan fingerprint density at radius 2 is 1.92 bits per heavy atom. The second-order valence-electron chi connectivity index (χ2n) is 5.32. The summed E-state index contributed by atoms with van der Waals surface area (Å²) in [6, 6.07) is 14.9. The predicted molar refractivity (Wildman–Crippen MR) is 92.1 cm³/mol. The number of para-hydroxylation sites is 1. The number of nitrogen functional groups attached to an aromatic ring is 1. The first kappa shape index (κ1) is 15.7. The molecule has 0 spiro atoms. The Labute approximate surface area is 139 Å². The maximum atomic E-state index is 12.2. The average molecular weight is 322 g/mol. The number of tetrazole rings is 1. The zero-order valence-corrected chi connectivity index (χ0v) is 13.3. The van der Waals surface area contributed by atoms with Gasteiger partial charge in [-0.3, -0.25) is 4.79 Å². The van der Waals surface area contributed by atoms with E-state index in [1.807, 2.05) is 43.3 Å². The molecule has 0 unspecified atom stereocenters. The molecular formula is C17H18N6O. The van der Waals surface area contributed by atoms with Crippen molar-refractivity contribution >= 4 is 17.3 Å². The number of amides is 1. The Hall–Kier alpha value is -3.22. The largest absolute Gasteiger partial charge is 0.399 e. The van der Waals surface area contributed by atoms with E-state index in [0.717, 1.165) is 23.2 Å². The van der Waals surface area contributed by atoms with Crippen LogP contribution in [0.15, 0.2) is 48.5 Å². The molecule has 1 amide bonds. The molecule has 0 bridgehead atoms. The maximum Gasteiger partial charge on any atom is 0.248 e. The van der Waals surface area contributed by atoms with Crippen molar-refractivity contribution in [3.05, 3.63) is 54.1 Å². The van der Waals surface area contributed by atoms with Gasteiger partial charge in [-0.25, -0.2) is 0 Å². The third kappa shape index (κ3) is 3.57. The summed E-state index contributed by atoms with van der Waals surface area (Å²) in [7, 11) is 0. The van der Waals surface area contributed by atoms with Gasteiger partial charge in [0.05, 0.1) is 0 Å². The van der Waals surface area contributed by atoms with Gasteiger partial charge in [0.2, 0.25) is 11.7 Å². The molecule has 0 aliphatic rings. The Morgan fingerprint density at radius 3 is 2.67 bits per heavy atom. The zero-order chi connectivity index (χ0) is 16.9. The highest BCUT2D eigenvalue weighted by atomic mass is 16.2. The Balaban J connectivity index is 1.68. The summed E-state index contributed by atoms with van der Waals surface area (Å²) >= 11 is 0. The molecule has 0 atom stereocenters. The number of carbonyl (C=O) groups excluding carboxylic acids is 1. The number of hydrogen-bond acceptors (Lipinski definition) is 5. The first-order chi connectivity index (χ1) is 11.7. The summed E-state index contributed by atoms with van der Waals surface area (Å²) in [6.45, 7) is 2.04. The first-order valence-corrected chi connectivity index (χ1v) is 7.67. The van der Waals surface area contributed by atoms with Crippen LogP contribution in [0.2, 0.25) is 0 Å². The van der Waals surface area contributed by atoms with E-state index in [9.17, 15) is 4.79 Å². The van der Waals surface area contributed by atoms with E-state index in [2.05, 4.69) is 20.7 Å². The van der Waals surface area contributed by atoms with Crippen LogP contribution in [-0.4, -0.2) is 26.1 Å². The average Bonchev–Trinajstić information content (AvgIpc) is 3.04. The SMILES string of the molecule is CCc1ccccc1NC(=O)Cn1nnc(-c2ccc(N)cc2)n1. The molecule has 1 heterocycles. The van der Waals surface area contributed by atoms with Gasteiger partial charge in [-0.1, -0.05) is 25.1 Å². The lowest BCUT2D eigenvalue weighted by Gasteiger charge is -2.08. The molecule has 2 aromatic carbocycles. The maximum absolute atomic E-state index is 12.2. The number of anilines is 2. The van der Waals surface area contributed by atoms with E-state index in [-0.39, 0.29) is 12.5 Å². The number of rotatable bonds is 5. The summed E-state index contributed by atoms with van der Waals surface area (Å²) < 4.78 is 0. The minimum atomic E-state index is -0.197. The van der Waals surface area contributed by atoms with Crippen LogP contribution in [0.1, 0.15) is 12.5 Å². The minimum absolute atomic E-state index is 0.0000209. The van der Waals surface area contributed by atoms with Crippen LogP contribution in [0.5, 0.6) is 0 Å². The minimum Gasteiger partial charge on any atom is -0.399 e. The molecule has 7 nitrogen and oxygen atoms in total. The number of hydrogen-bond donors (Lipinski definition) is 2. The van der Waals surface area contributed by atoms with Gasteiger partial charge in [0.1, 0.15) is 6.54 Å². The zero-order valence-electron chi connectivity index (χ0n) is 13.3. The Kier molecular flexibility index (Phi) is 4.51. The molecule has 0 fully saturated rings. The lowest BCUT2D eigenvalue weighted by molar-refractivity contribution is -0.117. The first-order valence-electron chi connectivity index (χ1n) is 7.67. The fourth-order valence-corrected chi connectivity index (χ4v) is 2.33. The highest BCUT2D eigenvalue weighted by molar-refractivity contribution is 5.91. The van der Waals surface area contributed by atoms with Gasteiger partial charge in [0, 0.05) is 16.9 Å². The van der Waals surface area contributed by atoms with E-state index in [1.165, 1.54) is 4.80 Å². The topological polar surface area (TPSA) is 98.7 Å². The van der Waals surface area contributed by atoms with Crippen LogP contribution in [0.4, 0.5) is 11.4 Å². The lowest BCUT2D eigenvalue weighted by atomic mass is 10.1. The second kappa shape index (κ2) is 6.91. The summed E-state index contributed by atoms with van der Waals surface area (Å²) in [4.78, 5) is 13.5. The third-order valence-electron chi connectivity index (χ3n) is 3.58. The number of nitrogens with one attached hydrogen (secondary N) is 1. The van der Waals surface area contributed by atoms with Gasteiger partial charge >= 0.3 is 0 Å². The van der Waals surface area contributed by atoms with E-state index in [4.69, 9.17) is 5.73 Å². The van der Waals surface area contributed by atoms with Crippen LogP contribution in [0, 0.1) is 0 Å². The van der Waals surface area contributed by atoms with Crippen LogP contribution >= 0.6 is 0 Å². The van der Waals surface area contributed by atoms with Crippen molar-refractivity contribution in [3.8, 4) is 11.4 Å². The van der Waals surface area contributed by atoms with E-state index in [1.54, 1.807) is 12.1 Å². The molecular weight excluding hydrogens is 304 g/mol. The van der Waals surface area contributed by atoms with Gasteiger partial charge < -0.3 is 11.1 Å². The summed E-state index contributed by atoms with van der Waals surface area (Å²) in [5.41, 5.74) is 9.02. The molecule has 3 rings (SSSR count). The number of aromatic nitrogens is 4. The molecule has 3 aromatic rings. The summed E-state index contributed by atoms with van der Waals surface area (Å²) in [5, 5.41) is 15.0. The number of benzene rings is 2. The second-order valence-corrected chi connectivity index (χ2v) is 5.32. The van der Waals surface area contributed by atoms with Gasteiger partial charge in [-0.2, -0.15) is 4.80 Å². The van der Waals surface area contributed by atoms with Gasteiger partial charge in [0.25, 0.3) is 0 Å². The van der Waals surface area contributed by atoms with Crippen molar-refractivity contribution in [2.75, 3.05) is 11.1 Å². The van der Waals surface area contributed by atoms with Crippen molar-refractivity contribution < 1.29 is 4.79 Å². The number of nitrogens with two attached hydrogens (primary N) is 1. The summed E-state index contributed by atoms with van der Waals surface area (Å²) in [5.74, 6) is 0.258. The quantitative estimate of drug-likeness (QED) is 0.701. The predicted octanol–water partition coefficient (Wildman–Crippen LogP) is 2.12. The van der Waals surface area contributed by atoms with Crippen LogP contribution in [0.3, 0.4) is 0 Å². The number of nitrogens with zero attached hydrogens (tertiary/aromatic N) is 4. The number of aryl methyl sites for hydroxylation is 1.